The number of carbonyl (C=O) groups excluding carboxylic acids is 2. The van der Waals surface area contributed by atoms with Crippen LogP contribution >= 0.6 is 11.6 Å². The first kappa shape index (κ1) is 15.9. The van der Waals surface area contributed by atoms with Gasteiger partial charge >= 0.3 is 0 Å². The summed E-state index contributed by atoms with van der Waals surface area (Å²) in [5, 5.41) is 3.47. The first-order valence-corrected chi connectivity index (χ1v) is 9.16. The SMILES string of the molecule is Cc1ccc(C(=O)NC2(C(N)=O)C3CC4CC(C3)CC2C4)c(Cl)c1. The van der Waals surface area contributed by atoms with Gasteiger partial charge in [-0.25, -0.2) is 0 Å². The molecule has 0 aliphatic heterocycles. The molecule has 4 bridgehead atoms. The number of halogens is 1. The van der Waals surface area contributed by atoms with E-state index in [9.17, 15) is 9.59 Å². The van der Waals surface area contributed by atoms with Gasteiger partial charge in [-0.1, -0.05) is 17.7 Å². The van der Waals surface area contributed by atoms with Crippen LogP contribution in [0.2, 0.25) is 5.02 Å². The summed E-state index contributed by atoms with van der Waals surface area (Å²) >= 11 is 6.24. The van der Waals surface area contributed by atoms with Crippen molar-refractivity contribution in [2.24, 2.45) is 29.4 Å². The number of aryl methyl sites for hydroxylation is 1. The zero-order valence-corrected chi connectivity index (χ0v) is 14.6. The molecule has 4 saturated carbocycles. The summed E-state index contributed by atoms with van der Waals surface area (Å²) in [6, 6.07) is 5.34. The fourth-order valence-corrected chi connectivity index (χ4v) is 5.98. The van der Waals surface area contributed by atoms with Gasteiger partial charge in [-0.3, -0.25) is 9.59 Å². The molecule has 2 amide bonds. The topological polar surface area (TPSA) is 72.2 Å². The molecule has 3 N–H and O–H groups in total. The highest BCUT2D eigenvalue weighted by atomic mass is 35.5. The zero-order chi connectivity index (χ0) is 17.1. The van der Waals surface area contributed by atoms with Gasteiger partial charge in [-0.2, -0.15) is 0 Å². The molecular weight excluding hydrogens is 324 g/mol. The largest absolute Gasteiger partial charge is 0.368 e. The zero-order valence-electron chi connectivity index (χ0n) is 13.8. The maximum Gasteiger partial charge on any atom is 0.253 e. The van der Waals surface area contributed by atoms with E-state index >= 15 is 0 Å². The Hall–Kier alpha value is -1.55. The highest BCUT2D eigenvalue weighted by Crippen LogP contribution is 2.58. The molecule has 0 unspecified atom stereocenters. The van der Waals surface area contributed by atoms with E-state index in [4.69, 9.17) is 17.3 Å². The van der Waals surface area contributed by atoms with E-state index in [1.165, 1.54) is 6.42 Å². The normalized spacial score (nSPS) is 36.6. The molecule has 4 aliphatic rings. The fraction of sp³-hybridized carbons (Fsp3) is 0.579. The molecule has 24 heavy (non-hydrogen) atoms. The molecule has 1 aromatic carbocycles. The van der Waals surface area contributed by atoms with Gasteiger partial charge in [0, 0.05) is 0 Å². The minimum Gasteiger partial charge on any atom is -0.368 e. The average molecular weight is 347 g/mol. The molecule has 4 nitrogen and oxygen atoms in total. The number of hydrogen-bond donors (Lipinski definition) is 2. The molecule has 0 spiro atoms. The predicted octanol–water partition coefficient (Wildman–Crippen LogP) is 3.06. The molecule has 0 aromatic heterocycles. The van der Waals surface area contributed by atoms with Crippen molar-refractivity contribution in [1.82, 2.24) is 5.32 Å². The molecule has 5 rings (SSSR count). The van der Waals surface area contributed by atoms with Crippen molar-refractivity contribution in [3.8, 4) is 0 Å². The first-order valence-electron chi connectivity index (χ1n) is 8.78. The fourth-order valence-electron chi connectivity index (χ4n) is 5.66. The van der Waals surface area contributed by atoms with E-state index in [-0.39, 0.29) is 23.7 Å². The number of nitrogens with one attached hydrogen (secondary N) is 1. The summed E-state index contributed by atoms with van der Waals surface area (Å²) in [5.41, 5.74) is 6.36. The molecule has 4 fully saturated rings. The highest BCUT2D eigenvalue weighted by Gasteiger charge is 2.61. The first-order chi connectivity index (χ1) is 11.4. The van der Waals surface area contributed by atoms with Gasteiger partial charge in [-0.15, -0.1) is 0 Å². The summed E-state index contributed by atoms with van der Waals surface area (Å²) in [7, 11) is 0. The average Bonchev–Trinajstić information content (AvgIpc) is 2.49. The van der Waals surface area contributed by atoms with Gasteiger partial charge in [0.15, 0.2) is 0 Å². The number of carbonyl (C=O) groups is 2. The van der Waals surface area contributed by atoms with E-state index in [0.717, 1.165) is 31.2 Å². The third-order valence-electron chi connectivity index (χ3n) is 6.52. The van der Waals surface area contributed by atoms with Crippen LogP contribution < -0.4 is 11.1 Å². The van der Waals surface area contributed by atoms with Crippen molar-refractivity contribution in [2.75, 3.05) is 0 Å². The van der Waals surface area contributed by atoms with Crippen LogP contribution in [0, 0.1) is 30.6 Å². The van der Waals surface area contributed by atoms with Crippen LogP contribution in [0.1, 0.15) is 48.0 Å². The minimum atomic E-state index is -0.904. The Bertz CT molecular complexity index is 687. The quantitative estimate of drug-likeness (QED) is 0.882. The van der Waals surface area contributed by atoms with E-state index < -0.39 is 5.54 Å². The maximum atomic E-state index is 12.9. The smallest absolute Gasteiger partial charge is 0.253 e. The molecule has 128 valence electrons. The van der Waals surface area contributed by atoms with Crippen molar-refractivity contribution < 1.29 is 9.59 Å². The molecule has 0 saturated heterocycles. The maximum absolute atomic E-state index is 12.9. The second kappa shape index (κ2) is 5.48. The van der Waals surface area contributed by atoms with Crippen LogP contribution in [0.5, 0.6) is 0 Å². The van der Waals surface area contributed by atoms with Crippen LogP contribution in [-0.4, -0.2) is 17.4 Å². The molecule has 4 aliphatic carbocycles. The highest BCUT2D eigenvalue weighted by molar-refractivity contribution is 6.34. The van der Waals surface area contributed by atoms with Gasteiger partial charge in [0.25, 0.3) is 5.91 Å². The lowest BCUT2D eigenvalue weighted by Gasteiger charge is -2.59. The van der Waals surface area contributed by atoms with Gasteiger partial charge in [0.2, 0.25) is 5.91 Å². The molecular formula is C19H23ClN2O2. The van der Waals surface area contributed by atoms with Crippen molar-refractivity contribution in [3.05, 3.63) is 34.3 Å². The van der Waals surface area contributed by atoms with Crippen molar-refractivity contribution in [1.29, 1.82) is 0 Å². The summed E-state index contributed by atoms with van der Waals surface area (Å²) in [4.78, 5) is 25.4. The molecule has 0 radical (unpaired) electrons. The Kier molecular flexibility index (Phi) is 3.64. The summed E-state index contributed by atoms with van der Waals surface area (Å²) < 4.78 is 0. The van der Waals surface area contributed by atoms with Crippen LogP contribution in [0.4, 0.5) is 0 Å². The number of benzene rings is 1. The van der Waals surface area contributed by atoms with Crippen molar-refractivity contribution in [2.45, 2.75) is 44.6 Å². The number of primary amides is 1. The minimum absolute atomic E-state index is 0.166. The Morgan fingerprint density at radius 1 is 1.12 bits per heavy atom. The van der Waals surface area contributed by atoms with Crippen molar-refractivity contribution >= 4 is 23.4 Å². The number of rotatable bonds is 3. The van der Waals surface area contributed by atoms with Crippen LogP contribution in [0.3, 0.4) is 0 Å². The third kappa shape index (κ3) is 2.26. The van der Waals surface area contributed by atoms with Crippen molar-refractivity contribution in [3.63, 3.8) is 0 Å². The van der Waals surface area contributed by atoms with E-state index in [0.29, 0.717) is 22.4 Å². The Labute approximate surface area is 147 Å². The number of amides is 2. The Balaban J connectivity index is 1.67. The molecule has 1 aromatic rings. The molecule has 5 heteroatoms. The van der Waals surface area contributed by atoms with Gasteiger partial charge < -0.3 is 11.1 Å². The van der Waals surface area contributed by atoms with E-state index in [1.807, 2.05) is 13.0 Å². The van der Waals surface area contributed by atoms with Crippen LogP contribution in [0.15, 0.2) is 18.2 Å². The standard InChI is InChI=1S/C19H23ClN2O2/c1-10-2-3-15(16(20)4-10)17(23)22-19(18(21)24)13-6-11-5-12(8-13)9-14(19)7-11/h2-4,11-14H,5-9H2,1H3,(H2,21,24)(H,22,23). The third-order valence-corrected chi connectivity index (χ3v) is 6.84. The lowest BCUT2D eigenvalue weighted by molar-refractivity contribution is -0.142. The monoisotopic (exact) mass is 346 g/mol. The Morgan fingerprint density at radius 2 is 1.71 bits per heavy atom. The second-order valence-electron chi connectivity index (χ2n) is 7.98. The number of hydrogen-bond acceptors (Lipinski definition) is 2. The lowest BCUT2D eigenvalue weighted by atomic mass is 9.48. The molecule has 0 atom stereocenters. The van der Waals surface area contributed by atoms with Gasteiger partial charge in [0.05, 0.1) is 10.6 Å². The summed E-state index contributed by atoms with van der Waals surface area (Å²) in [6.07, 6.45) is 5.27. The predicted molar refractivity (Wildman–Crippen MR) is 92.6 cm³/mol. The second-order valence-corrected chi connectivity index (χ2v) is 8.38. The summed E-state index contributed by atoms with van der Waals surface area (Å²) in [5.74, 6) is 1.05. The van der Waals surface area contributed by atoms with Gasteiger partial charge in [0.1, 0.15) is 5.54 Å². The molecule has 0 heterocycles. The van der Waals surface area contributed by atoms with E-state index in [2.05, 4.69) is 5.32 Å². The van der Waals surface area contributed by atoms with E-state index in [1.54, 1.807) is 12.1 Å². The van der Waals surface area contributed by atoms with Gasteiger partial charge in [-0.05, 0) is 80.4 Å². The summed E-state index contributed by atoms with van der Waals surface area (Å²) in [6.45, 7) is 1.93. The number of nitrogens with two attached hydrogens (primary N) is 1. The van der Waals surface area contributed by atoms with Crippen LogP contribution in [-0.2, 0) is 4.79 Å². The lowest BCUT2D eigenvalue weighted by Crippen LogP contribution is -2.71. The van der Waals surface area contributed by atoms with Crippen LogP contribution in [0.25, 0.3) is 0 Å². The Morgan fingerprint density at radius 3 is 2.21 bits per heavy atom.